The Morgan fingerprint density at radius 1 is 0.344 bits per heavy atom. The number of carbonyl (C=O) groups is 5. The first-order valence-electron chi connectivity index (χ1n) is 47.9. The standard InChI is InChI=1S/C26H38O4.C18H24O2.2C17H26O4.C16H24O4.C15H22O4/c1-6-26(4,5)25(27)29-19-12-10-18(11-13-19)28-24(16(2)3)30-23-15-17-14-22(23)21-9-7-8-20(17)21;1-5-13(3)15-9-7-11-17-16(15)10-8-12-18(17)20-14(4)19-6-2;1-7-17(4,5)16(18)21-14-10-8-13(9-11-14)20-15(19-6)12(2)3;1-6-15(19-8-3)20-13-9-11-14(12-10-13)21-16(18)17(4,5)7-2;1-6-16(4,5)15(17)20-14-10-8-13(9-11-14)19-12(3)18-7-2;1-5-11(3)15(16)19-14-9-7-13(8-10-14)18-12(4)17-6-2/h10-13,16-17,20-24H,6-9,14-15H2,1-5H3;7-14H,5-6H2,1-4H3;8-12,15H,7H2,1-6H3;9-12,15H,6-8H2,1-5H3;8-12H,6-7H2,1-5H3;7-12H,5-6H2,1-4H3. The minimum atomic E-state index is -0.481. The first-order chi connectivity index (χ1) is 62.1. The lowest BCUT2D eigenvalue weighted by Crippen LogP contribution is -2.37. The fourth-order valence-corrected chi connectivity index (χ4v) is 14.3. The quantitative estimate of drug-likeness (QED) is 0.0196. The van der Waals surface area contributed by atoms with Crippen LogP contribution < -0.4 is 52.1 Å². The molecule has 0 amide bonds. The Bertz CT molecular complexity index is 4440. The number of hydrogen-bond acceptors (Lipinski definition) is 22. The van der Waals surface area contributed by atoms with Crippen molar-refractivity contribution in [3.8, 4) is 63.2 Å². The zero-order valence-corrected chi connectivity index (χ0v) is 84.5. The second kappa shape index (κ2) is 56.0. The number of hydrogen-bond donors (Lipinski definition) is 0. The van der Waals surface area contributed by atoms with E-state index in [9.17, 15) is 24.0 Å². The van der Waals surface area contributed by atoms with Gasteiger partial charge in [0.2, 0.25) is 12.6 Å². The molecular formula is C109H160O22. The maximum atomic E-state index is 12.3. The van der Waals surface area contributed by atoms with Crippen LogP contribution >= 0.6 is 0 Å². The molecule has 2 bridgehead atoms. The number of carbonyl (C=O) groups excluding carboxylic acids is 5. The van der Waals surface area contributed by atoms with E-state index in [1.54, 1.807) is 116 Å². The second-order valence-corrected chi connectivity index (χ2v) is 37.0. The first-order valence-corrected chi connectivity index (χ1v) is 47.9. The smallest absolute Gasteiger partial charge is 0.316 e. The number of esters is 5. The largest absolute Gasteiger partial charge is 0.465 e. The molecule has 0 saturated heterocycles. The van der Waals surface area contributed by atoms with E-state index in [4.69, 9.17) is 80.5 Å². The van der Waals surface area contributed by atoms with E-state index >= 15 is 0 Å². The molecule has 0 radical (unpaired) electrons. The number of ether oxygens (including phenoxy) is 17. The van der Waals surface area contributed by atoms with Gasteiger partial charge in [-0.25, -0.2) is 0 Å². The lowest BCUT2D eigenvalue weighted by Gasteiger charge is -2.35. The zero-order chi connectivity index (χ0) is 97.3. The first kappa shape index (κ1) is 112. The Hall–Kier alpha value is -9.29. The van der Waals surface area contributed by atoms with Gasteiger partial charge in [0.05, 0.1) is 33.7 Å². The molecular weight excluding hydrogens is 1660 g/mol. The van der Waals surface area contributed by atoms with Gasteiger partial charge in [0.15, 0.2) is 25.2 Å². The van der Waals surface area contributed by atoms with Crippen LogP contribution in [0.25, 0.3) is 10.8 Å². The van der Waals surface area contributed by atoms with Crippen molar-refractivity contribution in [3.63, 3.8) is 0 Å². The minimum Gasteiger partial charge on any atom is -0.465 e. The molecule has 13 atom stereocenters. The van der Waals surface area contributed by atoms with Crippen molar-refractivity contribution in [3.05, 3.63) is 163 Å². The summed E-state index contributed by atoms with van der Waals surface area (Å²) >= 11 is 0. The number of benzene rings is 7. The summed E-state index contributed by atoms with van der Waals surface area (Å²) in [5.41, 5.74) is -0.520. The van der Waals surface area contributed by atoms with Gasteiger partial charge in [-0.1, -0.05) is 127 Å². The van der Waals surface area contributed by atoms with Crippen LogP contribution in [-0.2, 0) is 52.4 Å². The predicted molar refractivity (Wildman–Crippen MR) is 518 cm³/mol. The van der Waals surface area contributed by atoms with Crippen molar-refractivity contribution >= 4 is 40.6 Å². The van der Waals surface area contributed by atoms with Gasteiger partial charge in [-0.2, -0.15) is 0 Å². The third-order valence-electron chi connectivity index (χ3n) is 24.6. The molecule has 3 aliphatic carbocycles. The summed E-state index contributed by atoms with van der Waals surface area (Å²) in [6.07, 6.45) is 11.2. The van der Waals surface area contributed by atoms with Crippen LogP contribution in [0.1, 0.15) is 282 Å². The Labute approximate surface area is 784 Å². The summed E-state index contributed by atoms with van der Waals surface area (Å²) in [5, 5.41) is 2.44. The lowest BCUT2D eigenvalue weighted by atomic mass is 9.80. The molecule has 3 saturated carbocycles. The highest BCUT2D eigenvalue weighted by atomic mass is 16.7. The SMILES string of the molecule is CCC(C)(C)C(=O)Oc1ccc(OC(OC)C(C)C)cc1.CCC(C)(C)C(=O)Oc1ccc(OC(OC2CC3CC2C2CCCC32)C(C)C)cc1.CCOC(C)Oc1ccc(OC(=O)C(C)(C)CC)cc1.CCOC(C)Oc1ccc(OC(=O)C(C)CC)cc1.CCOC(C)Oc1cccc2c(C(C)CC)cccc12.CCOC(CC)Oc1ccc(OC(=O)C(C)(C)CC)cc1. The van der Waals surface area contributed by atoms with Crippen molar-refractivity contribution < 1.29 is 104 Å². The van der Waals surface area contributed by atoms with E-state index in [-0.39, 0.29) is 85.3 Å². The molecule has 0 aliphatic heterocycles. The van der Waals surface area contributed by atoms with E-state index in [0.29, 0.717) is 90.2 Å². The van der Waals surface area contributed by atoms with Crippen molar-refractivity contribution in [1.82, 2.24) is 0 Å². The predicted octanol–water partition coefficient (Wildman–Crippen LogP) is 26.7. The molecule has 0 aromatic heterocycles. The van der Waals surface area contributed by atoms with Gasteiger partial charge < -0.3 is 80.5 Å². The number of fused-ring (bicyclic) bond motifs is 6. The van der Waals surface area contributed by atoms with E-state index in [1.807, 2.05) is 184 Å². The summed E-state index contributed by atoms with van der Waals surface area (Å²) < 4.78 is 94.8. The average Bonchev–Trinajstić information content (AvgIpc) is 1.59. The Balaban J connectivity index is 0.000000281. The summed E-state index contributed by atoms with van der Waals surface area (Å²) in [7, 11) is 1.62. The molecule has 22 nitrogen and oxygen atoms in total. The van der Waals surface area contributed by atoms with Crippen LogP contribution in [0.2, 0.25) is 0 Å². The van der Waals surface area contributed by atoms with Crippen LogP contribution in [-0.4, -0.2) is 107 Å². The van der Waals surface area contributed by atoms with Gasteiger partial charge in [0, 0.05) is 57.2 Å². The number of rotatable bonds is 43. The monoisotopic (exact) mass is 1820 g/mol. The lowest BCUT2D eigenvalue weighted by molar-refractivity contribution is -0.162. The fourth-order valence-electron chi connectivity index (χ4n) is 14.3. The molecule has 0 N–H and O–H groups in total. The molecule has 13 unspecified atom stereocenters. The number of methoxy groups -OCH3 is 1. The Morgan fingerprint density at radius 2 is 0.687 bits per heavy atom. The summed E-state index contributed by atoms with van der Waals surface area (Å²) in [6, 6.07) is 48.0. The Kier molecular flexibility index (Phi) is 48.0. The van der Waals surface area contributed by atoms with Crippen LogP contribution in [0.3, 0.4) is 0 Å². The van der Waals surface area contributed by atoms with Crippen molar-refractivity contribution in [2.24, 2.45) is 63.1 Å². The highest BCUT2D eigenvalue weighted by Crippen LogP contribution is 2.60. The summed E-state index contributed by atoms with van der Waals surface area (Å²) in [6.45, 7) is 57.4. The van der Waals surface area contributed by atoms with Gasteiger partial charge in [0.25, 0.3) is 0 Å². The molecule has 3 aliphatic rings. The van der Waals surface area contributed by atoms with Gasteiger partial charge >= 0.3 is 29.8 Å². The third kappa shape index (κ3) is 36.9. The van der Waals surface area contributed by atoms with Crippen LogP contribution in [0.5, 0.6) is 63.2 Å². The average molecular weight is 1820 g/mol. The zero-order valence-electron chi connectivity index (χ0n) is 84.5. The molecule has 7 aromatic carbocycles. The molecule has 728 valence electrons. The second-order valence-electron chi connectivity index (χ2n) is 37.0. The molecule has 7 aromatic rings. The van der Waals surface area contributed by atoms with Crippen LogP contribution in [0.15, 0.2) is 158 Å². The highest BCUT2D eigenvalue weighted by molar-refractivity contribution is 5.91. The molecule has 131 heavy (non-hydrogen) atoms. The van der Waals surface area contributed by atoms with Gasteiger partial charge in [-0.3, -0.25) is 24.0 Å². The van der Waals surface area contributed by atoms with Crippen molar-refractivity contribution in [2.75, 3.05) is 33.5 Å². The topological polar surface area (TPSA) is 242 Å². The van der Waals surface area contributed by atoms with Gasteiger partial charge in [-0.05, 0) is 336 Å². The maximum Gasteiger partial charge on any atom is 0.316 e. The van der Waals surface area contributed by atoms with Gasteiger partial charge in [-0.15, -0.1) is 0 Å². The normalized spacial score (nSPS) is 17.4. The van der Waals surface area contributed by atoms with E-state index in [0.717, 1.165) is 85.5 Å². The molecule has 0 spiro atoms. The van der Waals surface area contributed by atoms with E-state index in [1.165, 1.54) is 43.1 Å². The third-order valence-corrected chi connectivity index (χ3v) is 24.6. The Morgan fingerprint density at radius 3 is 1.05 bits per heavy atom. The van der Waals surface area contributed by atoms with Gasteiger partial charge in [0.1, 0.15) is 63.2 Å². The maximum absolute atomic E-state index is 12.3. The summed E-state index contributed by atoms with van der Waals surface area (Å²) in [4.78, 5) is 59.8. The van der Waals surface area contributed by atoms with Crippen LogP contribution in [0, 0.1) is 63.1 Å². The molecule has 3 fully saturated rings. The van der Waals surface area contributed by atoms with Crippen LogP contribution in [0.4, 0.5) is 0 Å². The van der Waals surface area contributed by atoms with Crippen molar-refractivity contribution in [2.45, 2.75) is 321 Å². The fraction of sp³-hybridized carbons (Fsp3) is 0.587. The molecule has 0 heterocycles. The highest BCUT2D eigenvalue weighted by Gasteiger charge is 2.55. The van der Waals surface area contributed by atoms with E-state index < -0.39 is 21.7 Å². The summed E-state index contributed by atoms with van der Waals surface area (Å²) in [5.74, 6) is 10.4. The minimum absolute atomic E-state index is 0.0890. The van der Waals surface area contributed by atoms with E-state index in [2.05, 4.69) is 58.0 Å². The van der Waals surface area contributed by atoms with Crippen molar-refractivity contribution in [1.29, 1.82) is 0 Å². The molecule has 10 rings (SSSR count). The molecule has 22 heteroatoms.